The predicted octanol–water partition coefficient (Wildman–Crippen LogP) is 7.21. The molecule has 0 bridgehead atoms. The van der Waals surface area contributed by atoms with Crippen molar-refractivity contribution in [2.45, 2.75) is 46.8 Å². The van der Waals surface area contributed by atoms with Gasteiger partial charge in [-0.1, -0.05) is 92.5 Å². The van der Waals surface area contributed by atoms with Crippen molar-refractivity contribution in [1.29, 1.82) is 0 Å². The van der Waals surface area contributed by atoms with E-state index in [-0.39, 0.29) is 0 Å². The molecule has 124 valence electrons. The van der Waals surface area contributed by atoms with E-state index in [1.54, 1.807) is 0 Å². The van der Waals surface area contributed by atoms with Gasteiger partial charge in [-0.05, 0) is 49.7 Å². The standard InChI is InChI=1S/C20H24Br2S/c21-19(15-7-13-17-9-3-1-4-10-17)23-20(22)16-8-14-18-11-5-2-6-12-18/h1-6,9-12,19-20H,7-8,13-16H2. The highest BCUT2D eigenvalue weighted by atomic mass is 79.9. The van der Waals surface area contributed by atoms with E-state index in [9.17, 15) is 0 Å². The van der Waals surface area contributed by atoms with E-state index < -0.39 is 0 Å². The summed E-state index contributed by atoms with van der Waals surface area (Å²) in [6, 6.07) is 21.5. The van der Waals surface area contributed by atoms with Crippen molar-refractivity contribution in [2.24, 2.45) is 0 Å². The molecular weight excluding hydrogens is 432 g/mol. The van der Waals surface area contributed by atoms with Gasteiger partial charge in [0, 0.05) is 0 Å². The third-order valence-electron chi connectivity index (χ3n) is 3.77. The highest BCUT2D eigenvalue weighted by Gasteiger charge is 2.12. The molecule has 0 nitrogen and oxygen atoms in total. The maximum absolute atomic E-state index is 3.82. The van der Waals surface area contributed by atoms with Crippen molar-refractivity contribution < 1.29 is 0 Å². The molecule has 0 saturated heterocycles. The molecule has 0 aliphatic heterocycles. The second-order valence-corrected chi connectivity index (χ2v) is 10.5. The molecule has 0 heterocycles. The summed E-state index contributed by atoms with van der Waals surface area (Å²) >= 11 is 9.65. The molecular formula is C20H24Br2S. The maximum Gasteiger partial charge on any atom is 0.0611 e. The number of alkyl halides is 2. The fraction of sp³-hybridized carbons (Fsp3) is 0.400. The molecule has 2 unspecified atom stereocenters. The molecule has 0 amide bonds. The van der Waals surface area contributed by atoms with Gasteiger partial charge in [-0.25, -0.2) is 0 Å². The minimum atomic E-state index is 0.535. The number of rotatable bonds is 10. The van der Waals surface area contributed by atoms with Crippen molar-refractivity contribution in [1.82, 2.24) is 0 Å². The minimum Gasteiger partial charge on any atom is -0.132 e. The number of benzene rings is 2. The zero-order chi connectivity index (χ0) is 16.3. The number of thioether (sulfide) groups is 1. The van der Waals surface area contributed by atoms with Crippen LogP contribution in [0.4, 0.5) is 0 Å². The molecule has 0 saturated carbocycles. The fourth-order valence-corrected chi connectivity index (χ4v) is 6.52. The van der Waals surface area contributed by atoms with Crippen molar-refractivity contribution in [3.05, 3.63) is 71.8 Å². The van der Waals surface area contributed by atoms with Gasteiger partial charge >= 0.3 is 0 Å². The Morgan fingerprint density at radius 2 is 1.04 bits per heavy atom. The zero-order valence-corrected chi connectivity index (χ0v) is 17.3. The molecule has 2 aromatic rings. The zero-order valence-electron chi connectivity index (χ0n) is 13.3. The third-order valence-corrected chi connectivity index (χ3v) is 7.05. The topological polar surface area (TPSA) is 0 Å². The van der Waals surface area contributed by atoms with Crippen LogP contribution in [0.3, 0.4) is 0 Å². The number of aryl methyl sites for hydroxylation is 2. The molecule has 0 fully saturated rings. The number of halogens is 2. The first-order valence-corrected chi connectivity index (χ1v) is 11.0. The van der Waals surface area contributed by atoms with Gasteiger partial charge in [0.1, 0.15) is 0 Å². The van der Waals surface area contributed by atoms with Crippen LogP contribution < -0.4 is 0 Å². The molecule has 3 heteroatoms. The Morgan fingerprint density at radius 3 is 1.43 bits per heavy atom. The van der Waals surface area contributed by atoms with E-state index in [0.717, 1.165) is 0 Å². The van der Waals surface area contributed by atoms with Gasteiger partial charge in [0.25, 0.3) is 0 Å². The fourth-order valence-electron chi connectivity index (χ4n) is 2.52. The van der Waals surface area contributed by atoms with Gasteiger partial charge in [-0.15, -0.1) is 11.8 Å². The van der Waals surface area contributed by atoms with Gasteiger partial charge in [0.15, 0.2) is 0 Å². The molecule has 23 heavy (non-hydrogen) atoms. The maximum atomic E-state index is 3.82. The van der Waals surface area contributed by atoms with Gasteiger partial charge < -0.3 is 0 Å². The normalized spacial score (nSPS) is 13.7. The Hall–Kier alpha value is -0.250. The first-order chi connectivity index (χ1) is 11.2. The summed E-state index contributed by atoms with van der Waals surface area (Å²) in [5, 5.41) is 0. The number of hydrogen-bond acceptors (Lipinski definition) is 1. The second kappa shape index (κ2) is 11.3. The molecule has 0 N–H and O–H groups in total. The lowest BCUT2D eigenvalue weighted by atomic mass is 10.1. The van der Waals surface area contributed by atoms with Crippen LogP contribution in [0, 0.1) is 0 Å². The van der Waals surface area contributed by atoms with Crippen LogP contribution in [0.5, 0.6) is 0 Å². The van der Waals surface area contributed by atoms with Gasteiger partial charge in [0.05, 0.1) is 8.32 Å². The Labute approximate surface area is 161 Å². The van der Waals surface area contributed by atoms with Crippen LogP contribution in [-0.2, 0) is 12.8 Å². The lowest BCUT2D eigenvalue weighted by molar-refractivity contribution is 0.775. The average molecular weight is 456 g/mol. The van der Waals surface area contributed by atoms with E-state index >= 15 is 0 Å². The average Bonchev–Trinajstić information content (AvgIpc) is 2.57. The number of hydrogen-bond donors (Lipinski definition) is 0. The molecule has 2 atom stereocenters. The van der Waals surface area contributed by atoms with Crippen LogP contribution in [0.2, 0.25) is 0 Å². The quantitative estimate of drug-likeness (QED) is 0.341. The first-order valence-electron chi connectivity index (χ1n) is 8.25. The Kier molecular flexibility index (Phi) is 9.40. The van der Waals surface area contributed by atoms with E-state index in [2.05, 4.69) is 92.5 Å². The first kappa shape index (κ1) is 19.1. The minimum absolute atomic E-state index is 0.535. The summed E-state index contributed by atoms with van der Waals surface area (Å²) in [7, 11) is 0. The SMILES string of the molecule is BrC(CCCc1ccccc1)SC(Br)CCCc1ccccc1. The van der Waals surface area contributed by atoms with E-state index in [0.29, 0.717) is 8.32 Å². The summed E-state index contributed by atoms with van der Waals surface area (Å²) in [5.74, 6) is 0. The Morgan fingerprint density at radius 1 is 0.652 bits per heavy atom. The molecule has 0 aromatic heterocycles. The third kappa shape index (κ3) is 8.42. The van der Waals surface area contributed by atoms with Crippen molar-refractivity contribution in [3.63, 3.8) is 0 Å². The van der Waals surface area contributed by atoms with E-state index in [1.807, 2.05) is 11.8 Å². The van der Waals surface area contributed by atoms with Crippen LogP contribution >= 0.6 is 43.6 Å². The lowest BCUT2D eigenvalue weighted by Crippen LogP contribution is -2.01. The van der Waals surface area contributed by atoms with Gasteiger partial charge in [0.2, 0.25) is 0 Å². The van der Waals surface area contributed by atoms with Crippen LogP contribution in [-0.4, -0.2) is 8.32 Å². The van der Waals surface area contributed by atoms with Crippen molar-refractivity contribution in [3.8, 4) is 0 Å². The van der Waals surface area contributed by atoms with Crippen LogP contribution in [0.25, 0.3) is 0 Å². The van der Waals surface area contributed by atoms with Gasteiger partial charge in [-0.2, -0.15) is 0 Å². The largest absolute Gasteiger partial charge is 0.132 e. The van der Waals surface area contributed by atoms with Crippen LogP contribution in [0.1, 0.15) is 36.8 Å². The molecule has 2 aromatic carbocycles. The molecule has 0 radical (unpaired) electrons. The van der Waals surface area contributed by atoms with Crippen LogP contribution in [0.15, 0.2) is 60.7 Å². The molecule has 0 aliphatic rings. The predicted molar refractivity (Wildman–Crippen MR) is 112 cm³/mol. The van der Waals surface area contributed by atoms with Gasteiger partial charge in [-0.3, -0.25) is 0 Å². The molecule has 2 rings (SSSR count). The summed E-state index contributed by atoms with van der Waals surface area (Å²) < 4.78 is 1.07. The Bertz CT molecular complexity index is 480. The molecule has 0 aliphatic carbocycles. The van der Waals surface area contributed by atoms with Crippen molar-refractivity contribution in [2.75, 3.05) is 0 Å². The highest BCUT2D eigenvalue weighted by Crippen LogP contribution is 2.33. The summed E-state index contributed by atoms with van der Waals surface area (Å²) in [6.07, 6.45) is 7.23. The molecule has 0 spiro atoms. The van der Waals surface area contributed by atoms with E-state index in [4.69, 9.17) is 0 Å². The van der Waals surface area contributed by atoms with Crippen molar-refractivity contribution >= 4 is 43.6 Å². The second-order valence-electron chi connectivity index (χ2n) is 5.71. The Balaban J connectivity index is 1.56. The monoisotopic (exact) mass is 454 g/mol. The van der Waals surface area contributed by atoms with E-state index in [1.165, 1.54) is 49.7 Å². The lowest BCUT2D eigenvalue weighted by Gasteiger charge is -2.14. The summed E-state index contributed by atoms with van der Waals surface area (Å²) in [6.45, 7) is 0. The summed E-state index contributed by atoms with van der Waals surface area (Å²) in [4.78, 5) is 0. The summed E-state index contributed by atoms with van der Waals surface area (Å²) in [5.41, 5.74) is 2.88. The smallest absolute Gasteiger partial charge is 0.0611 e. The highest BCUT2D eigenvalue weighted by molar-refractivity contribution is 9.13.